The standard InChI is InChI=1S/C9H14N2O2.C7H9NO2.C2H5N.2C2H6/c1-4-7(12)10-9(2,3)8(13)11-5-6-11;1-4-5-8-7(2,3)6(9)10-5;1-2-3-1;2*1-2/h4H,1,5-6H2,2-3H3,(H,10,12);4H,1H2,2-3H3;3H,1-2H2;2*1-2H3. The molecule has 0 atom stereocenters. The summed E-state index contributed by atoms with van der Waals surface area (Å²) in [6.45, 7) is 25.6. The Bertz CT molecular complexity index is 616. The first-order valence-corrected chi connectivity index (χ1v) is 10.4. The van der Waals surface area contributed by atoms with Crippen molar-refractivity contribution in [3.8, 4) is 0 Å². The van der Waals surface area contributed by atoms with Gasteiger partial charge in [0.15, 0.2) is 5.54 Å². The SMILES string of the molecule is C1CN1.C=CC(=O)NC(C)(C)C(=O)N1CC1.C=CC1=NC(C)(C)C(=O)O1.CC.CC. The van der Waals surface area contributed by atoms with Crippen LogP contribution in [0.15, 0.2) is 30.3 Å². The quantitative estimate of drug-likeness (QED) is 0.409. The maximum Gasteiger partial charge on any atom is 0.340 e. The van der Waals surface area contributed by atoms with Crippen LogP contribution in [0.1, 0.15) is 55.4 Å². The predicted molar refractivity (Wildman–Crippen MR) is 122 cm³/mol. The van der Waals surface area contributed by atoms with Gasteiger partial charge in [0.2, 0.25) is 17.7 Å². The monoisotopic (exact) mass is 424 g/mol. The van der Waals surface area contributed by atoms with Crippen LogP contribution in [0.3, 0.4) is 0 Å². The lowest BCUT2D eigenvalue weighted by Gasteiger charge is -2.24. The highest BCUT2D eigenvalue weighted by Crippen LogP contribution is 2.18. The van der Waals surface area contributed by atoms with Crippen LogP contribution < -0.4 is 10.6 Å². The van der Waals surface area contributed by atoms with Crippen LogP contribution in [-0.2, 0) is 19.1 Å². The Morgan fingerprint density at radius 1 is 1.17 bits per heavy atom. The van der Waals surface area contributed by atoms with Crippen molar-refractivity contribution < 1.29 is 19.1 Å². The minimum Gasteiger partial charge on any atom is -0.406 e. The molecule has 3 rings (SSSR count). The average Bonchev–Trinajstić information content (AvgIpc) is 3.62. The van der Waals surface area contributed by atoms with Crippen LogP contribution in [0.25, 0.3) is 0 Å². The molecule has 0 bridgehead atoms. The van der Waals surface area contributed by atoms with E-state index in [9.17, 15) is 14.4 Å². The lowest BCUT2D eigenvalue weighted by atomic mass is 10.0. The van der Waals surface area contributed by atoms with Crippen molar-refractivity contribution >= 4 is 23.7 Å². The number of carbonyl (C=O) groups excluding carboxylic acids is 3. The summed E-state index contributed by atoms with van der Waals surface area (Å²) < 4.78 is 4.72. The lowest BCUT2D eigenvalue weighted by molar-refractivity contribution is -0.137. The summed E-state index contributed by atoms with van der Waals surface area (Å²) in [5, 5.41) is 5.58. The molecule has 0 aromatic rings. The summed E-state index contributed by atoms with van der Waals surface area (Å²) in [6.07, 6.45) is 2.59. The van der Waals surface area contributed by atoms with Crippen molar-refractivity contribution in [2.75, 3.05) is 26.2 Å². The smallest absolute Gasteiger partial charge is 0.340 e. The number of carbonyl (C=O) groups is 3. The van der Waals surface area contributed by atoms with E-state index in [-0.39, 0.29) is 17.8 Å². The number of amides is 2. The van der Waals surface area contributed by atoms with Gasteiger partial charge in [0.1, 0.15) is 5.54 Å². The predicted octanol–water partition coefficient (Wildman–Crippen LogP) is 2.46. The Morgan fingerprint density at radius 3 is 1.87 bits per heavy atom. The van der Waals surface area contributed by atoms with Crippen molar-refractivity contribution in [1.29, 1.82) is 0 Å². The zero-order valence-electron chi connectivity index (χ0n) is 19.9. The molecule has 2 amide bonds. The van der Waals surface area contributed by atoms with Crippen molar-refractivity contribution in [3.05, 3.63) is 25.3 Å². The fourth-order valence-corrected chi connectivity index (χ4v) is 1.71. The molecule has 8 nitrogen and oxygen atoms in total. The van der Waals surface area contributed by atoms with Crippen molar-refractivity contribution in [1.82, 2.24) is 15.5 Å². The van der Waals surface area contributed by atoms with E-state index in [1.165, 1.54) is 19.2 Å². The van der Waals surface area contributed by atoms with Gasteiger partial charge in [-0.15, -0.1) is 0 Å². The van der Waals surface area contributed by atoms with E-state index in [1.54, 1.807) is 32.6 Å². The second-order valence-electron chi connectivity index (χ2n) is 6.96. The van der Waals surface area contributed by atoms with Crippen molar-refractivity contribution in [2.24, 2.45) is 4.99 Å². The van der Waals surface area contributed by atoms with Crippen LogP contribution in [0.4, 0.5) is 0 Å². The Labute approximate surface area is 181 Å². The van der Waals surface area contributed by atoms with Gasteiger partial charge in [0, 0.05) is 26.2 Å². The van der Waals surface area contributed by atoms with E-state index in [4.69, 9.17) is 4.74 Å². The minimum absolute atomic E-state index is 0.0392. The molecule has 3 heterocycles. The number of ether oxygens (including phenoxy) is 1. The van der Waals surface area contributed by atoms with Crippen LogP contribution in [0.2, 0.25) is 0 Å². The summed E-state index contributed by atoms with van der Waals surface area (Å²) in [4.78, 5) is 39.0. The summed E-state index contributed by atoms with van der Waals surface area (Å²) in [5.74, 6) is -0.361. The van der Waals surface area contributed by atoms with Gasteiger partial charge in [-0.1, -0.05) is 40.9 Å². The fraction of sp³-hybridized carbons (Fsp3) is 0.636. The molecule has 2 fully saturated rings. The molecule has 0 aliphatic carbocycles. The van der Waals surface area contributed by atoms with Gasteiger partial charge in [0.05, 0.1) is 0 Å². The van der Waals surface area contributed by atoms with E-state index in [0.29, 0.717) is 5.90 Å². The Hall–Kier alpha value is -2.48. The first kappa shape index (κ1) is 29.7. The highest BCUT2D eigenvalue weighted by molar-refractivity contribution is 6.04. The van der Waals surface area contributed by atoms with Crippen LogP contribution >= 0.6 is 0 Å². The van der Waals surface area contributed by atoms with Crippen LogP contribution in [0, 0.1) is 0 Å². The largest absolute Gasteiger partial charge is 0.406 e. The maximum atomic E-state index is 11.6. The third kappa shape index (κ3) is 12.2. The fourth-order valence-electron chi connectivity index (χ4n) is 1.71. The van der Waals surface area contributed by atoms with Crippen molar-refractivity contribution in [2.45, 2.75) is 66.5 Å². The highest BCUT2D eigenvalue weighted by Gasteiger charge is 2.37. The number of hydrogen-bond acceptors (Lipinski definition) is 6. The molecule has 0 aromatic carbocycles. The van der Waals surface area contributed by atoms with Gasteiger partial charge in [-0.25, -0.2) is 9.79 Å². The van der Waals surface area contributed by atoms with Gasteiger partial charge in [-0.3, -0.25) is 9.59 Å². The Kier molecular flexibility index (Phi) is 14.4. The first-order valence-electron chi connectivity index (χ1n) is 10.4. The summed E-state index contributed by atoms with van der Waals surface area (Å²) in [5.41, 5.74) is -1.54. The summed E-state index contributed by atoms with van der Waals surface area (Å²) >= 11 is 0. The second-order valence-corrected chi connectivity index (χ2v) is 6.96. The van der Waals surface area contributed by atoms with Gasteiger partial charge in [-0.05, 0) is 39.8 Å². The van der Waals surface area contributed by atoms with E-state index < -0.39 is 11.1 Å². The van der Waals surface area contributed by atoms with Crippen LogP contribution in [0.5, 0.6) is 0 Å². The molecule has 0 saturated carbocycles. The van der Waals surface area contributed by atoms with Crippen LogP contribution in [-0.4, -0.2) is 65.8 Å². The molecule has 0 unspecified atom stereocenters. The summed E-state index contributed by atoms with van der Waals surface area (Å²) in [7, 11) is 0. The topological polar surface area (TPSA) is 110 Å². The highest BCUT2D eigenvalue weighted by atomic mass is 16.6. The summed E-state index contributed by atoms with van der Waals surface area (Å²) in [6, 6.07) is 0. The molecule has 2 saturated heterocycles. The second kappa shape index (κ2) is 14.5. The van der Waals surface area contributed by atoms with Gasteiger partial charge < -0.3 is 20.3 Å². The zero-order chi connectivity index (χ0) is 24.0. The number of rotatable bonds is 4. The maximum absolute atomic E-state index is 11.6. The van der Waals surface area contributed by atoms with Gasteiger partial charge in [0.25, 0.3) is 0 Å². The molecule has 0 aromatic heterocycles. The number of nitrogens with one attached hydrogen (secondary N) is 2. The van der Waals surface area contributed by atoms with E-state index in [1.807, 2.05) is 27.7 Å². The number of aliphatic imine (C=N–C) groups is 1. The number of esters is 1. The van der Waals surface area contributed by atoms with E-state index in [2.05, 4.69) is 28.8 Å². The molecular formula is C22H40N4O4. The van der Waals surface area contributed by atoms with Crippen molar-refractivity contribution in [3.63, 3.8) is 0 Å². The Balaban J connectivity index is 0. The third-order valence-corrected chi connectivity index (χ3v) is 3.40. The molecule has 0 spiro atoms. The molecule has 30 heavy (non-hydrogen) atoms. The number of hydrogen-bond donors (Lipinski definition) is 2. The first-order chi connectivity index (χ1) is 14.0. The Morgan fingerprint density at radius 2 is 1.63 bits per heavy atom. The molecule has 3 aliphatic rings. The third-order valence-electron chi connectivity index (χ3n) is 3.40. The molecule has 8 heteroatoms. The molecule has 172 valence electrons. The molecule has 3 aliphatic heterocycles. The van der Waals surface area contributed by atoms with Gasteiger partial charge >= 0.3 is 5.97 Å². The molecule has 0 radical (unpaired) electrons. The number of nitrogens with zero attached hydrogens (tertiary/aromatic N) is 2. The average molecular weight is 425 g/mol. The molecular weight excluding hydrogens is 384 g/mol. The van der Waals surface area contributed by atoms with E-state index in [0.717, 1.165) is 19.2 Å². The normalized spacial score (nSPS) is 16.6. The lowest BCUT2D eigenvalue weighted by Crippen LogP contribution is -2.51. The molecule has 2 N–H and O–H groups in total. The zero-order valence-corrected chi connectivity index (χ0v) is 19.9. The number of cyclic esters (lactones) is 1. The van der Waals surface area contributed by atoms with Gasteiger partial charge in [-0.2, -0.15) is 0 Å². The minimum atomic E-state index is -0.818. The van der Waals surface area contributed by atoms with E-state index >= 15 is 0 Å².